The Bertz CT molecular complexity index is 1600. The van der Waals surface area contributed by atoms with Gasteiger partial charge in [-0.1, -0.05) is 54.6 Å². The fraction of sp³-hybridized carbons (Fsp3) is 0.100. The molecule has 9 heteroatoms. The van der Waals surface area contributed by atoms with Gasteiger partial charge in [0.15, 0.2) is 11.5 Å². The van der Waals surface area contributed by atoms with E-state index in [0.717, 1.165) is 22.5 Å². The van der Waals surface area contributed by atoms with Gasteiger partial charge in [-0.15, -0.1) is 0 Å². The maximum Gasteiger partial charge on any atom is 0.343 e. The largest absolute Gasteiger partial charge is 0.493 e. The summed E-state index contributed by atoms with van der Waals surface area (Å²) in [5.74, 6) is 0.416. The Morgan fingerprint density at radius 2 is 1.69 bits per heavy atom. The maximum atomic E-state index is 13.0. The number of amides is 2. The minimum absolute atomic E-state index is 0.125. The zero-order chi connectivity index (χ0) is 27.4. The summed E-state index contributed by atoms with van der Waals surface area (Å²) in [6.07, 6.45) is 1.63. The third-order valence-electron chi connectivity index (χ3n) is 5.95. The van der Waals surface area contributed by atoms with Crippen molar-refractivity contribution in [2.45, 2.75) is 0 Å². The SMILES string of the molecule is COc1cc(/C=C2\SC(=O)N(CCOc3cccc4ccccc34)C2=O)cc(I)c1OC(=O)c1ccccc1. The summed E-state index contributed by atoms with van der Waals surface area (Å²) in [5.41, 5.74) is 1.05. The quantitative estimate of drug-likeness (QED) is 0.0899. The average Bonchev–Trinajstić information content (AvgIpc) is 3.22. The van der Waals surface area contributed by atoms with Crippen molar-refractivity contribution < 1.29 is 28.6 Å². The van der Waals surface area contributed by atoms with Gasteiger partial charge < -0.3 is 14.2 Å². The lowest BCUT2D eigenvalue weighted by molar-refractivity contribution is -0.123. The van der Waals surface area contributed by atoms with Gasteiger partial charge in [-0.05, 0) is 81.7 Å². The number of nitrogens with zero attached hydrogens (tertiary/aromatic N) is 1. The first kappa shape index (κ1) is 26.8. The third kappa shape index (κ3) is 5.94. The van der Waals surface area contributed by atoms with Crippen molar-refractivity contribution in [3.8, 4) is 17.2 Å². The van der Waals surface area contributed by atoms with Gasteiger partial charge in [-0.3, -0.25) is 14.5 Å². The van der Waals surface area contributed by atoms with Crippen LogP contribution in [0.3, 0.4) is 0 Å². The van der Waals surface area contributed by atoms with Crippen LogP contribution in [0.2, 0.25) is 0 Å². The third-order valence-corrected chi connectivity index (χ3v) is 7.66. The molecule has 0 bridgehead atoms. The van der Waals surface area contributed by atoms with Crippen LogP contribution in [0.1, 0.15) is 15.9 Å². The standard InChI is InChI=1S/C30H22INO6S/c1-36-25-17-19(16-23(31)27(25)38-29(34)21-9-3-2-4-10-21)18-26-28(33)32(30(35)39-26)14-15-37-24-13-7-11-20-8-5-6-12-22(20)24/h2-13,16-18H,14-15H2,1H3/b26-18-. The van der Waals surface area contributed by atoms with Crippen LogP contribution in [-0.4, -0.2) is 42.3 Å². The molecule has 5 rings (SSSR count). The molecule has 196 valence electrons. The van der Waals surface area contributed by atoms with Crippen LogP contribution in [0.25, 0.3) is 16.8 Å². The number of halogens is 1. The summed E-state index contributed by atoms with van der Waals surface area (Å²) in [6, 6.07) is 25.7. The predicted octanol–water partition coefficient (Wildman–Crippen LogP) is 6.79. The molecule has 1 aliphatic rings. The van der Waals surface area contributed by atoms with Crippen molar-refractivity contribution in [2.75, 3.05) is 20.3 Å². The lowest BCUT2D eigenvalue weighted by atomic mass is 10.1. The number of ether oxygens (including phenoxy) is 3. The van der Waals surface area contributed by atoms with Crippen molar-refractivity contribution in [3.05, 3.63) is 105 Å². The number of fused-ring (bicyclic) bond motifs is 1. The number of carbonyl (C=O) groups is 3. The molecule has 1 heterocycles. The van der Waals surface area contributed by atoms with Crippen molar-refractivity contribution in [1.29, 1.82) is 0 Å². The summed E-state index contributed by atoms with van der Waals surface area (Å²) in [4.78, 5) is 39.7. The van der Waals surface area contributed by atoms with E-state index in [1.807, 2.05) is 71.1 Å². The highest BCUT2D eigenvalue weighted by molar-refractivity contribution is 14.1. The van der Waals surface area contributed by atoms with Crippen molar-refractivity contribution >= 4 is 68.3 Å². The summed E-state index contributed by atoms with van der Waals surface area (Å²) >= 11 is 2.92. The van der Waals surface area contributed by atoms with Gasteiger partial charge in [-0.25, -0.2) is 4.79 Å². The average molecular weight is 651 g/mol. The van der Waals surface area contributed by atoms with Crippen LogP contribution in [0.5, 0.6) is 17.2 Å². The van der Waals surface area contributed by atoms with Crippen molar-refractivity contribution in [3.63, 3.8) is 0 Å². The van der Waals surface area contributed by atoms with E-state index in [1.54, 1.807) is 42.5 Å². The first-order chi connectivity index (χ1) is 18.9. The van der Waals surface area contributed by atoms with E-state index in [4.69, 9.17) is 14.2 Å². The minimum Gasteiger partial charge on any atom is -0.493 e. The molecular weight excluding hydrogens is 629 g/mol. The van der Waals surface area contributed by atoms with Crippen LogP contribution in [-0.2, 0) is 4.79 Å². The van der Waals surface area contributed by atoms with Crippen molar-refractivity contribution in [1.82, 2.24) is 4.90 Å². The van der Waals surface area contributed by atoms with Crippen LogP contribution >= 0.6 is 34.4 Å². The predicted molar refractivity (Wildman–Crippen MR) is 159 cm³/mol. The van der Waals surface area contributed by atoms with Gasteiger partial charge in [0.05, 0.1) is 27.7 Å². The zero-order valence-corrected chi connectivity index (χ0v) is 23.7. The first-order valence-corrected chi connectivity index (χ1v) is 13.8. The minimum atomic E-state index is -0.508. The number of thioether (sulfide) groups is 1. The monoisotopic (exact) mass is 651 g/mol. The summed E-state index contributed by atoms with van der Waals surface area (Å²) in [6.45, 7) is 0.299. The Morgan fingerprint density at radius 1 is 0.949 bits per heavy atom. The Morgan fingerprint density at radius 3 is 2.49 bits per heavy atom. The van der Waals surface area contributed by atoms with Gasteiger partial charge in [0.25, 0.3) is 11.1 Å². The van der Waals surface area contributed by atoms with Gasteiger partial charge in [0.2, 0.25) is 0 Å². The highest BCUT2D eigenvalue weighted by Gasteiger charge is 2.35. The second-order valence-electron chi connectivity index (χ2n) is 8.45. The molecule has 7 nitrogen and oxygen atoms in total. The molecule has 0 N–H and O–H groups in total. The number of esters is 1. The Hall–Kier alpha value is -3.83. The Labute approximate surface area is 242 Å². The second-order valence-corrected chi connectivity index (χ2v) is 10.6. The Kier molecular flexibility index (Phi) is 8.18. The van der Waals surface area contributed by atoms with Crippen LogP contribution in [0.4, 0.5) is 4.79 Å². The molecule has 0 aliphatic carbocycles. The van der Waals surface area contributed by atoms with E-state index in [-0.39, 0.29) is 35.0 Å². The smallest absolute Gasteiger partial charge is 0.343 e. The molecule has 0 saturated carbocycles. The molecule has 0 aromatic heterocycles. The van der Waals surface area contributed by atoms with E-state index >= 15 is 0 Å². The topological polar surface area (TPSA) is 82.1 Å². The summed E-state index contributed by atoms with van der Waals surface area (Å²) in [5, 5.41) is 1.66. The normalized spacial score (nSPS) is 14.2. The van der Waals surface area contributed by atoms with E-state index < -0.39 is 5.97 Å². The van der Waals surface area contributed by atoms with Gasteiger partial charge in [0, 0.05) is 5.39 Å². The summed E-state index contributed by atoms with van der Waals surface area (Å²) in [7, 11) is 1.47. The number of imide groups is 1. The number of hydrogen-bond acceptors (Lipinski definition) is 7. The van der Waals surface area contributed by atoms with Crippen molar-refractivity contribution in [2.24, 2.45) is 0 Å². The lowest BCUT2D eigenvalue weighted by Gasteiger charge is -2.14. The maximum absolute atomic E-state index is 13.0. The van der Waals surface area contributed by atoms with E-state index in [2.05, 4.69) is 0 Å². The molecule has 0 unspecified atom stereocenters. The zero-order valence-electron chi connectivity index (χ0n) is 20.8. The van der Waals surface area contributed by atoms with Gasteiger partial charge in [0.1, 0.15) is 12.4 Å². The molecule has 0 radical (unpaired) electrons. The summed E-state index contributed by atoms with van der Waals surface area (Å²) < 4.78 is 17.6. The molecule has 4 aromatic carbocycles. The molecule has 1 saturated heterocycles. The molecule has 4 aromatic rings. The number of methoxy groups -OCH3 is 1. The highest BCUT2D eigenvalue weighted by atomic mass is 127. The van der Waals surface area contributed by atoms with Gasteiger partial charge in [-0.2, -0.15) is 0 Å². The van der Waals surface area contributed by atoms with Crippen LogP contribution in [0.15, 0.2) is 89.8 Å². The molecule has 0 atom stereocenters. The number of hydrogen-bond donors (Lipinski definition) is 0. The fourth-order valence-electron chi connectivity index (χ4n) is 4.06. The lowest BCUT2D eigenvalue weighted by Crippen LogP contribution is -2.32. The molecule has 1 fully saturated rings. The number of benzene rings is 4. The Balaban J connectivity index is 1.28. The second kappa shape index (κ2) is 11.9. The van der Waals surface area contributed by atoms with Gasteiger partial charge >= 0.3 is 5.97 Å². The molecular formula is C30H22INO6S. The van der Waals surface area contributed by atoms with E-state index in [9.17, 15) is 14.4 Å². The molecule has 1 aliphatic heterocycles. The molecule has 39 heavy (non-hydrogen) atoms. The highest BCUT2D eigenvalue weighted by Crippen LogP contribution is 2.37. The van der Waals surface area contributed by atoms with Crippen LogP contribution in [0, 0.1) is 3.57 Å². The first-order valence-electron chi connectivity index (χ1n) is 12.0. The molecule has 2 amide bonds. The number of carbonyl (C=O) groups excluding carboxylic acids is 3. The van der Waals surface area contributed by atoms with Crippen LogP contribution < -0.4 is 14.2 Å². The fourth-order valence-corrected chi connectivity index (χ4v) is 5.66. The van der Waals surface area contributed by atoms with E-state index in [0.29, 0.717) is 26.2 Å². The van der Waals surface area contributed by atoms with E-state index in [1.165, 1.54) is 12.0 Å². The molecule has 0 spiro atoms. The number of rotatable bonds is 8.